The fourth-order valence-corrected chi connectivity index (χ4v) is 17.0. The van der Waals surface area contributed by atoms with Gasteiger partial charge >= 0.3 is 0 Å². The van der Waals surface area contributed by atoms with Gasteiger partial charge in [0.2, 0.25) is 0 Å². The molecule has 8 aliphatic rings. The van der Waals surface area contributed by atoms with Crippen molar-refractivity contribution in [2.45, 2.75) is 177 Å². The smallest absolute Gasteiger partial charge is 0.00851 e. The van der Waals surface area contributed by atoms with Crippen molar-refractivity contribution < 1.29 is 0 Å². The van der Waals surface area contributed by atoms with Crippen LogP contribution in [0.4, 0.5) is 0 Å². The number of hydrogen-bond acceptors (Lipinski definition) is 0. The lowest BCUT2D eigenvalue weighted by Crippen LogP contribution is -2.51. The van der Waals surface area contributed by atoms with Gasteiger partial charge in [0, 0.05) is 0 Å². The Balaban J connectivity index is 0.940. The van der Waals surface area contributed by atoms with Gasteiger partial charge in [-0.3, -0.25) is 0 Å². The highest BCUT2D eigenvalue weighted by atomic mass is 14.7. The van der Waals surface area contributed by atoms with Crippen LogP contribution in [0.2, 0.25) is 0 Å². The lowest BCUT2D eigenvalue weighted by Gasteiger charge is -2.59. The molecule has 0 aromatic rings. The van der Waals surface area contributed by atoms with Gasteiger partial charge < -0.3 is 0 Å². The summed E-state index contributed by atoms with van der Waals surface area (Å²) in [6.45, 7) is 21.4. The fourth-order valence-electron chi connectivity index (χ4n) is 17.0. The van der Waals surface area contributed by atoms with Gasteiger partial charge in [0.25, 0.3) is 0 Å². The summed E-state index contributed by atoms with van der Waals surface area (Å²) in [5.41, 5.74) is 6.06. The molecule has 0 bridgehead atoms. The molecule has 0 N–H and O–H groups in total. The monoisotopic (exact) mass is 641 g/mol. The number of hydrogen-bond donors (Lipinski definition) is 0. The van der Waals surface area contributed by atoms with Gasteiger partial charge in [0.05, 0.1) is 0 Å². The minimum atomic E-state index is 0.531. The van der Waals surface area contributed by atoms with E-state index in [9.17, 15) is 0 Å². The largest absolute Gasteiger partial charge is 0.0845 e. The van der Waals surface area contributed by atoms with Gasteiger partial charge in [0.1, 0.15) is 0 Å². The first-order valence-corrected chi connectivity index (χ1v) is 21.8. The molecule has 0 amide bonds. The normalized spacial score (nSPS) is 53.3. The molecular weight excluding hydrogens is 565 g/mol. The van der Waals surface area contributed by atoms with Crippen molar-refractivity contribution in [3.05, 3.63) is 23.3 Å². The Kier molecular flexibility index (Phi) is 8.60. The summed E-state index contributed by atoms with van der Waals surface area (Å²) in [4.78, 5) is 0. The second kappa shape index (κ2) is 12.0. The second-order valence-corrected chi connectivity index (χ2v) is 21.2. The van der Waals surface area contributed by atoms with E-state index >= 15 is 0 Å². The molecule has 8 rings (SSSR count). The molecule has 0 nitrogen and oxygen atoms in total. The number of rotatable bonds is 6. The Morgan fingerprint density at radius 2 is 0.979 bits per heavy atom. The molecule has 0 heteroatoms. The van der Waals surface area contributed by atoms with Gasteiger partial charge in [-0.25, -0.2) is 0 Å². The molecule has 8 unspecified atom stereocenters. The zero-order chi connectivity index (χ0) is 32.9. The molecule has 0 spiro atoms. The summed E-state index contributed by atoms with van der Waals surface area (Å²) < 4.78 is 0. The molecule has 0 saturated heterocycles. The zero-order valence-corrected chi connectivity index (χ0v) is 32.5. The van der Waals surface area contributed by atoms with Crippen LogP contribution in [0.25, 0.3) is 0 Å². The molecule has 0 radical (unpaired) electrons. The van der Waals surface area contributed by atoms with E-state index in [1.54, 1.807) is 0 Å². The lowest BCUT2D eigenvalue weighted by atomic mass is 9.46. The maximum atomic E-state index is 2.82. The van der Waals surface area contributed by atoms with Crippen LogP contribution in [0, 0.1) is 92.7 Å². The summed E-state index contributed by atoms with van der Waals surface area (Å²) in [7, 11) is 0. The number of fused-ring (bicyclic) bond motifs is 10. The predicted molar refractivity (Wildman–Crippen MR) is 201 cm³/mol. The third-order valence-corrected chi connectivity index (χ3v) is 19.8. The topological polar surface area (TPSA) is 0 Å². The summed E-state index contributed by atoms with van der Waals surface area (Å²) in [6.07, 6.45) is 33.8. The van der Waals surface area contributed by atoms with Crippen LogP contribution in [0.1, 0.15) is 177 Å². The Hall–Kier alpha value is -0.520. The van der Waals surface area contributed by atoms with Crippen molar-refractivity contribution in [1.82, 2.24) is 0 Å². The highest BCUT2D eigenvalue weighted by molar-refractivity contribution is 5.26. The van der Waals surface area contributed by atoms with Gasteiger partial charge in [-0.15, -0.1) is 0 Å². The quantitative estimate of drug-likeness (QED) is 0.253. The third kappa shape index (κ3) is 4.97. The highest BCUT2D eigenvalue weighted by Crippen LogP contribution is 2.70. The van der Waals surface area contributed by atoms with Gasteiger partial charge in [0.15, 0.2) is 0 Å². The molecule has 47 heavy (non-hydrogen) atoms. The highest BCUT2D eigenvalue weighted by Gasteiger charge is 2.61. The minimum Gasteiger partial charge on any atom is -0.0845 e. The first-order valence-electron chi connectivity index (χ1n) is 21.8. The van der Waals surface area contributed by atoms with Crippen LogP contribution in [-0.4, -0.2) is 0 Å². The minimum absolute atomic E-state index is 0.531. The van der Waals surface area contributed by atoms with E-state index in [0.29, 0.717) is 21.7 Å². The molecule has 0 heterocycles. The van der Waals surface area contributed by atoms with E-state index in [-0.39, 0.29) is 0 Å². The average molecular weight is 641 g/mol. The molecule has 264 valence electrons. The van der Waals surface area contributed by atoms with Gasteiger partial charge in [-0.2, -0.15) is 0 Å². The maximum absolute atomic E-state index is 2.82. The zero-order valence-electron chi connectivity index (χ0n) is 32.5. The van der Waals surface area contributed by atoms with Crippen molar-refractivity contribution in [3.63, 3.8) is 0 Å². The van der Waals surface area contributed by atoms with E-state index in [2.05, 4.69) is 67.5 Å². The van der Waals surface area contributed by atoms with Gasteiger partial charge in [-0.1, -0.05) is 91.5 Å². The Morgan fingerprint density at radius 1 is 0.553 bits per heavy atom. The molecule has 0 aromatic heterocycles. The molecule has 16 atom stereocenters. The van der Waals surface area contributed by atoms with Crippen molar-refractivity contribution in [2.24, 2.45) is 92.7 Å². The summed E-state index contributed by atoms with van der Waals surface area (Å²) in [6, 6.07) is 0. The SMILES string of the molecule is CC[C@H]1CCC2(C)C(=CC[C@@H]3C2CCC2(C)C([C@H](C)C[C@H](C)C4CC[C@H]5[C@@H]6CC=C7C[C@@H](CC)CCC7(C)C6CCC45C)CC[C@@H]32)C1. The molecule has 6 saturated carbocycles. The summed E-state index contributed by atoms with van der Waals surface area (Å²) in [5, 5.41) is 0. The number of allylic oxidation sites excluding steroid dienone is 4. The predicted octanol–water partition coefficient (Wildman–Crippen LogP) is 13.9. The lowest BCUT2D eigenvalue weighted by molar-refractivity contribution is -0.0619. The van der Waals surface area contributed by atoms with Crippen molar-refractivity contribution in [3.8, 4) is 0 Å². The van der Waals surface area contributed by atoms with Crippen LogP contribution < -0.4 is 0 Å². The van der Waals surface area contributed by atoms with E-state index in [1.165, 1.54) is 122 Å². The summed E-state index contributed by atoms with van der Waals surface area (Å²) >= 11 is 0. The first kappa shape index (κ1) is 33.6. The van der Waals surface area contributed by atoms with Crippen molar-refractivity contribution >= 4 is 0 Å². The van der Waals surface area contributed by atoms with E-state index in [0.717, 1.165) is 71.0 Å². The van der Waals surface area contributed by atoms with Crippen molar-refractivity contribution in [2.75, 3.05) is 0 Å². The molecule has 0 aromatic carbocycles. The van der Waals surface area contributed by atoms with Crippen LogP contribution >= 0.6 is 0 Å². The first-order chi connectivity index (χ1) is 22.5. The van der Waals surface area contributed by atoms with E-state index in [1.807, 2.05) is 11.1 Å². The van der Waals surface area contributed by atoms with E-state index < -0.39 is 0 Å². The Bertz CT molecular complexity index is 1140. The molecule has 8 aliphatic carbocycles. The van der Waals surface area contributed by atoms with Crippen molar-refractivity contribution in [1.29, 1.82) is 0 Å². The Morgan fingerprint density at radius 3 is 1.38 bits per heavy atom. The van der Waals surface area contributed by atoms with Gasteiger partial charge in [-0.05, 0) is 202 Å². The molecule has 0 aliphatic heterocycles. The fraction of sp³-hybridized carbons (Fsp3) is 0.915. The standard InChI is InChI=1S/C47H76/c1-9-32-19-23-44(5)34(28-32)11-13-36-40-17-15-38(46(40,7)25-21-42(36)44)30(3)27-31(4)39-16-18-41-37-14-12-35-29-33(10-2)20-24-45(35,6)43(37)22-26-47(39,41)8/h11-12,30-33,36-43H,9-10,13-29H2,1-8H3/t30-,31+,32-,33-,36-,37-,38?,39?,40-,41-,42?,43?,44?,45?,46?,47?/m0/s1. The van der Waals surface area contributed by atoms with Crippen LogP contribution in [0.3, 0.4) is 0 Å². The molecule has 6 fully saturated rings. The van der Waals surface area contributed by atoms with E-state index in [4.69, 9.17) is 0 Å². The Labute approximate surface area is 292 Å². The van der Waals surface area contributed by atoms with Crippen LogP contribution in [0.5, 0.6) is 0 Å². The second-order valence-electron chi connectivity index (χ2n) is 21.2. The summed E-state index contributed by atoms with van der Waals surface area (Å²) in [5.74, 6) is 11.5. The third-order valence-electron chi connectivity index (χ3n) is 19.8. The average Bonchev–Trinajstić information content (AvgIpc) is 3.61. The maximum Gasteiger partial charge on any atom is -0.00851 e. The molecular formula is C47H76. The van der Waals surface area contributed by atoms with Crippen LogP contribution in [-0.2, 0) is 0 Å². The van der Waals surface area contributed by atoms with Crippen LogP contribution in [0.15, 0.2) is 23.3 Å².